The molecular formula is C22H30ClN5O2. The molecule has 0 atom stereocenters. The Morgan fingerprint density at radius 3 is 2.27 bits per heavy atom. The van der Waals surface area contributed by atoms with Crippen LogP contribution in [0.3, 0.4) is 0 Å². The van der Waals surface area contributed by atoms with Gasteiger partial charge in [-0.25, -0.2) is 0 Å². The van der Waals surface area contributed by atoms with Crippen LogP contribution in [0.25, 0.3) is 0 Å². The number of rotatable bonds is 4. The highest BCUT2D eigenvalue weighted by Crippen LogP contribution is 2.29. The molecule has 0 spiro atoms. The lowest BCUT2D eigenvalue weighted by Gasteiger charge is -2.36. The monoisotopic (exact) mass is 431 g/mol. The first-order valence-electron chi connectivity index (χ1n) is 10.6. The molecule has 0 saturated carbocycles. The van der Waals surface area contributed by atoms with E-state index in [1.807, 2.05) is 41.4 Å². The third-order valence-corrected chi connectivity index (χ3v) is 6.08. The summed E-state index contributed by atoms with van der Waals surface area (Å²) in [6.07, 6.45) is 9.48. The summed E-state index contributed by atoms with van der Waals surface area (Å²) in [6, 6.07) is 9.11. The molecule has 30 heavy (non-hydrogen) atoms. The second-order valence-corrected chi connectivity index (χ2v) is 7.97. The van der Waals surface area contributed by atoms with Crippen LogP contribution in [0.4, 0.5) is 5.69 Å². The molecular weight excluding hydrogens is 402 g/mol. The van der Waals surface area contributed by atoms with Crippen molar-refractivity contribution in [2.45, 2.75) is 44.1 Å². The number of halogens is 1. The van der Waals surface area contributed by atoms with Crippen LogP contribution < -0.4 is 10.6 Å². The Labute approximate surface area is 183 Å². The maximum absolute atomic E-state index is 13.2. The average Bonchev–Trinajstić information content (AvgIpc) is 3.17. The number of anilines is 1. The summed E-state index contributed by atoms with van der Waals surface area (Å²) in [5, 5.41) is 10.7. The molecule has 2 aromatic rings. The molecule has 2 N–H and O–H groups in total. The Morgan fingerprint density at radius 1 is 1.00 bits per heavy atom. The molecule has 3 heterocycles. The molecule has 162 valence electrons. The molecule has 0 unspecified atom stereocenters. The van der Waals surface area contributed by atoms with E-state index in [2.05, 4.69) is 15.7 Å². The fourth-order valence-corrected chi connectivity index (χ4v) is 4.32. The molecule has 2 fully saturated rings. The zero-order chi connectivity index (χ0) is 20.1. The molecule has 0 aliphatic carbocycles. The zero-order valence-corrected chi connectivity index (χ0v) is 18.0. The van der Waals surface area contributed by atoms with Crippen molar-refractivity contribution in [2.75, 3.05) is 31.5 Å². The van der Waals surface area contributed by atoms with Crippen molar-refractivity contribution >= 4 is 29.9 Å². The van der Waals surface area contributed by atoms with Crippen LogP contribution in [0, 0.1) is 0 Å². The van der Waals surface area contributed by atoms with Crippen molar-refractivity contribution < 1.29 is 9.59 Å². The number of aromatic nitrogens is 2. The number of hydrogen-bond acceptors (Lipinski definition) is 4. The van der Waals surface area contributed by atoms with E-state index in [1.165, 1.54) is 12.8 Å². The Balaban J connectivity index is 0.00000256. The molecule has 2 saturated heterocycles. The first-order chi connectivity index (χ1) is 14.2. The number of likely N-dealkylation sites (tertiary alicyclic amines) is 1. The van der Waals surface area contributed by atoms with Crippen molar-refractivity contribution in [2.24, 2.45) is 0 Å². The molecule has 2 amide bonds. The van der Waals surface area contributed by atoms with Gasteiger partial charge in [0.25, 0.3) is 11.8 Å². The Bertz CT molecular complexity index is 824. The predicted octanol–water partition coefficient (Wildman–Crippen LogP) is 3.04. The molecule has 0 bridgehead atoms. The molecule has 2 aliphatic heterocycles. The van der Waals surface area contributed by atoms with Crippen LogP contribution in [-0.4, -0.2) is 52.7 Å². The third kappa shape index (κ3) is 4.68. The highest BCUT2D eigenvalue weighted by molar-refractivity contribution is 5.98. The van der Waals surface area contributed by atoms with E-state index >= 15 is 0 Å². The zero-order valence-electron chi connectivity index (χ0n) is 17.2. The van der Waals surface area contributed by atoms with Gasteiger partial charge >= 0.3 is 0 Å². The lowest BCUT2D eigenvalue weighted by molar-refractivity contribution is -0.126. The van der Waals surface area contributed by atoms with Crippen LogP contribution in [0.5, 0.6) is 0 Å². The number of benzene rings is 1. The number of nitrogens with one attached hydrogen (secondary N) is 2. The van der Waals surface area contributed by atoms with Gasteiger partial charge in [0, 0.05) is 36.7 Å². The van der Waals surface area contributed by atoms with E-state index < -0.39 is 5.54 Å². The van der Waals surface area contributed by atoms with Gasteiger partial charge in [0.1, 0.15) is 5.54 Å². The lowest BCUT2D eigenvalue weighted by Crippen LogP contribution is -2.52. The Hall–Kier alpha value is -2.38. The van der Waals surface area contributed by atoms with E-state index in [0.29, 0.717) is 24.1 Å². The number of hydrogen-bond donors (Lipinski definition) is 2. The normalized spacial score (nSPS) is 18.7. The summed E-state index contributed by atoms with van der Waals surface area (Å²) in [6.45, 7) is 3.21. The van der Waals surface area contributed by atoms with Gasteiger partial charge in [-0.2, -0.15) is 5.10 Å². The second kappa shape index (κ2) is 10.1. The summed E-state index contributed by atoms with van der Waals surface area (Å²) in [5.74, 6) is 0.0189. The van der Waals surface area contributed by atoms with Crippen LogP contribution >= 0.6 is 12.4 Å². The second-order valence-electron chi connectivity index (χ2n) is 7.97. The van der Waals surface area contributed by atoms with E-state index in [4.69, 9.17) is 0 Å². The Morgan fingerprint density at radius 2 is 1.67 bits per heavy atom. The van der Waals surface area contributed by atoms with E-state index in [1.54, 1.807) is 10.9 Å². The Kier molecular flexibility index (Phi) is 7.50. The SMILES string of the molecule is Cl.O=C(c1ccc(NC(=O)C2(n3cccn3)CCNCC2)cc1)N1CCCCCC1. The summed E-state index contributed by atoms with van der Waals surface area (Å²) in [5.41, 5.74) is 0.691. The number of nitrogens with zero attached hydrogens (tertiary/aromatic N) is 3. The number of carbonyl (C=O) groups is 2. The fourth-order valence-electron chi connectivity index (χ4n) is 4.32. The number of piperidine rings is 1. The van der Waals surface area contributed by atoms with E-state index in [9.17, 15) is 9.59 Å². The molecule has 2 aliphatic rings. The van der Waals surface area contributed by atoms with Crippen molar-refractivity contribution in [3.05, 3.63) is 48.3 Å². The highest BCUT2D eigenvalue weighted by Gasteiger charge is 2.42. The van der Waals surface area contributed by atoms with Gasteiger partial charge in [0.05, 0.1) is 0 Å². The van der Waals surface area contributed by atoms with Crippen LogP contribution in [0.2, 0.25) is 0 Å². The van der Waals surface area contributed by atoms with Crippen LogP contribution in [0.15, 0.2) is 42.7 Å². The van der Waals surface area contributed by atoms with E-state index in [-0.39, 0.29) is 24.2 Å². The average molecular weight is 432 g/mol. The molecule has 4 rings (SSSR count). The maximum Gasteiger partial charge on any atom is 0.253 e. The summed E-state index contributed by atoms with van der Waals surface area (Å²) < 4.78 is 1.78. The van der Waals surface area contributed by atoms with Crippen molar-refractivity contribution in [1.29, 1.82) is 0 Å². The minimum atomic E-state index is -0.685. The number of amides is 2. The van der Waals surface area contributed by atoms with Gasteiger partial charge in [-0.05, 0) is 69.1 Å². The van der Waals surface area contributed by atoms with Gasteiger partial charge in [-0.1, -0.05) is 12.8 Å². The van der Waals surface area contributed by atoms with Gasteiger partial charge in [-0.15, -0.1) is 12.4 Å². The standard InChI is InChI=1S/C22H29N5O2.ClH/c28-20(26-15-3-1-2-4-16-26)18-6-8-19(9-7-18)25-21(29)22(10-13-23-14-11-22)27-17-5-12-24-27;/h5-9,12,17,23H,1-4,10-11,13-16H2,(H,25,29);1H. The first kappa shape index (κ1) is 22.3. The largest absolute Gasteiger partial charge is 0.339 e. The quantitative estimate of drug-likeness (QED) is 0.779. The van der Waals surface area contributed by atoms with Gasteiger partial charge in [-0.3, -0.25) is 14.3 Å². The molecule has 0 radical (unpaired) electrons. The number of carbonyl (C=O) groups excluding carboxylic acids is 2. The van der Waals surface area contributed by atoms with Crippen molar-refractivity contribution in [3.63, 3.8) is 0 Å². The summed E-state index contributed by atoms with van der Waals surface area (Å²) in [7, 11) is 0. The van der Waals surface area contributed by atoms with Crippen molar-refractivity contribution in [3.8, 4) is 0 Å². The predicted molar refractivity (Wildman–Crippen MR) is 119 cm³/mol. The molecule has 1 aromatic carbocycles. The minimum absolute atomic E-state index is 0. The topological polar surface area (TPSA) is 79.3 Å². The van der Waals surface area contributed by atoms with Gasteiger partial charge in [0.15, 0.2) is 0 Å². The molecule has 7 nitrogen and oxygen atoms in total. The summed E-state index contributed by atoms with van der Waals surface area (Å²) in [4.78, 5) is 27.9. The smallest absolute Gasteiger partial charge is 0.253 e. The molecule has 8 heteroatoms. The third-order valence-electron chi connectivity index (χ3n) is 6.08. The molecule has 1 aromatic heterocycles. The van der Waals surface area contributed by atoms with E-state index in [0.717, 1.165) is 39.0 Å². The summed E-state index contributed by atoms with van der Waals surface area (Å²) >= 11 is 0. The van der Waals surface area contributed by atoms with Gasteiger partial charge < -0.3 is 15.5 Å². The minimum Gasteiger partial charge on any atom is -0.339 e. The van der Waals surface area contributed by atoms with Crippen molar-refractivity contribution in [1.82, 2.24) is 20.0 Å². The lowest BCUT2D eigenvalue weighted by atomic mass is 9.87. The van der Waals surface area contributed by atoms with Crippen LogP contribution in [-0.2, 0) is 10.3 Å². The fraction of sp³-hybridized carbons (Fsp3) is 0.500. The van der Waals surface area contributed by atoms with Gasteiger partial charge in [0.2, 0.25) is 0 Å². The highest BCUT2D eigenvalue weighted by atomic mass is 35.5. The van der Waals surface area contributed by atoms with Crippen LogP contribution in [0.1, 0.15) is 48.9 Å². The maximum atomic E-state index is 13.2. The first-order valence-corrected chi connectivity index (χ1v) is 10.6.